The molecule has 0 saturated heterocycles. The molecular formula is C46H78O5. The molecule has 51 heavy (non-hydrogen) atoms. The van der Waals surface area contributed by atoms with Crippen molar-refractivity contribution in [2.45, 2.75) is 206 Å². The SMILES string of the molecule is CCCCC/C=C\C/C=C\CCCCCCCC(=O)O[C@H](COCc1ccccc1)COC(=O)CCCCCCCCCCCCCCCCC. The monoisotopic (exact) mass is 711 g/mol. The lowest BCUT2D eigenvalue weighted by molar-refractivity contribution is -0.163. The molecule has 1 rings (SSSR count). The van der Waals surface area contributed by atoms with Crippen LogP contribution in [0.5, 0.6) is 0 Å². The number of esters is 2. The Morgan fingerprint density at radius 1 is 0.529 bits per heavy atom. The van der Waals surface area contributed by atoms with Crippen LogP contribution in [-0.2, 0) is 30.4 Å². The molecule has 0 radical (unpaired) electrons. The summed E-state index contributed by atoms with van der Waals surface area (Å²) in [5.41, 5.74) is 1.05. The molecule has 0 spiro atoms. The maximum Gasteiger partial charge on any atom is 0.306 e. The fourth-order valence-electron chi connectivity index (χ4n) is 6.22. The summed E-state index contributed by atoms with van der Waals surface area (Å²) in [4.78, 5) is 25.1. The molecule has 0 aliphatic carbocycles. The van der Waals surface area contributed by atoms with Crippen molar-refractivity contribution in [1.82, 2.24) is 0 Å². The van der Waals surface area contributed by atoms with Crippen molar-refractivity contribution < 1.29 is 23.8 Å². The maximum absolute atomic E-state index is 12.7. The van der Waals surface area contributed by atoms with Gasteiger partial charge in [0.2, 0.25) is 0 Å². The van der Waals surface area contributed by atoms with Crippen LogP contribution >= 0.6 is 0 Å². The van der Waals surface area contributed by atoms with E-state index in [0.717, 1.165) is 50.5 Å². The van der Waals surface area contributed by atoms with Gasteiger partial charge in [-0.2, -0.15) is 0 Å². The fraction of sp³-hybridized carbons (Fsp3) is 0.739. The van der Waals surface area contributed by atoms with Gasteiger partial charge >= 0.3 is 11.9 Å². The van der Waals surface area contributed by atoms with Crippen molar-refractivity contribution in [3.8, 4) is 0 Å². The van der Waals surface area contributed by atoms with Crippen LogP contribution in [0.1, 0.15) is 199 Å². The summed E-state index contributed by atoms with van der Waals surface area (Å²) < 4.78 is 17.1. The second-order valence-electron chi connectivity index (χ2n) is 14.5. The van der Waals surface area contributed by atoms with Crippen molar-refractivity contribution in [1.29, 1.82) is 0 Å². The first kappa shape index (κ1) is 46.6. The molecule has 0 heterocycles. The van der Waals surface area contributed by atoms with Gasteiger partial charge in [-0.15, -0.1) is 0 Å². The number of carbonyl (C=O) groups is 2. The van der Waals surface area contributed by atoms with Gasteiger partial charge in [0.05, 0.1) is 13.2 Å². The van der Waals surface area contributed by atoms with Crippen LogP contribution in [0.4, 0.5) is 0 Å². The van der Waals surface area contributed by atoms with Crippen molar-refractivity contribution in [3.05, 3.63) is 60.2 Å². The molecule has 0 unspecified atom stereocenters. The highest BCUT2D eigenvalue weighted by atomic mass is 16.6. The Bertz CT molecular complexity index is 956. The molecule has 0 amide bonds. The van der Waals surface area contributed by atoms with Crippen molar-refractivity contribution in [2.75, 3.05) is 13.2 Å². The number of benzene rings is 1. The standard InChI is InChI=1S/C46H78O5/c1-3-5-7-9-11-13-15-17-19-21-23-25-27-29-34-38-45(47)50-42-44(41-49-40-43-36-32-31-33-37-43)51-46(48)39-35-30-28-26-24-22-20-18-16-14-12-10-8-6-4-2/h12,14,18,20,31-33,36-37,44H,3-11,13,15-17,19,21-30,34-35,38-42H2,1-2H3/b14-12-,20-18-/t44-/m1/s1. The Labute approximate surface area is 314 Å². The molecule has 1 aromatic rings. The van der Waals surface area contributed by atoms with Crippen LogP contribution in [0.2, 0.25) is 0 Å². The quantitative estimate of drug-likeness (QED) is 0.0391. The molecular weight excluding hydrogens is 633 g/mol. The van der Waals surface area contributed by atoms with Crippen molar-refractivity contribution >= 4 is 11.9 Å². The first-order valence-electron chi connectivity index (χ1n) is 21.4. The highest BCUT2D eigenvalue weighted by Gasteiger charge is 2.17. The van der Waals surface area contributed by atoms with Crippen LogP contribution in [0.25, 0.3) is 0 Å². The van der Waals surface area contributed by atoms with Crippen LogP contribution < -0.4 is 0 Å². The highest BCUT2D eigenvalue weighted by Crippen LogP contribution is 2.15. The number of carbonyl (C=O) groups excluding carboxylic acids is 2. The Kier molecular flexibility index (Phi) is 34.2. The van der Waals surface area contributed by atoms with Gasteiger partial charge in [0, 0.05) is 12.8 Å². The molecule has 292 valence electrons. The smallest absolute Gasteiger partial charge is 0.306 e. The van der Waals surface area contributed by atoms with E-state index in [-0.39, 0.29) is 25.2 Å². The molecule has 0 saturated carbocycles. The minimum Gasteiger partial charge on any atom is -0.462 e. The molecule has 0 aliphatic rings. The van der Waals surface area contributed by atoms with Gasteiger partial charge in [-0.25, -0.2) is 0 Å². The number of hydrogen-bond donors (Lipinski definition) is 0. The molecule has 0 bridgehead atoms. The van der Waals surface area contributed by atoms with Gasteiger partial charge in [-0.05, 0) is 50.5 Å². The van der Waals surface area contributed by atoms with Crippen LogP contribution in [0, 0.1) is 0 Å². The second-order valence-corrected chi connectivity index (χ2v) is 14.5. The van der Waals surface area contributed by atoms with E-state index < -0.39 is 6.10 Å². The molecule has 1 atom stereocenters. The molecule has 0 aliphatic heterocycles. The maximum atomic E-state index is 12.7. The lowest BCUT2D eigenvalue weighted by Crippen LogP contribution is -2.29. The first-order chi connectivity index (χ1) is 25.2. The third-order valence-corrected chi connectivity index (χ3v) is 9.46. The Balaban J connectivity index is 2.17. The van der Waals surface area contributed by atoms with Crippen LogP contribution in [0.3, 0.4) is 0 Å². The lowest BCUT2D eigenvalue weighted by Gasteiger charge is -2.18. The van der Waals surface area contributed by atoms with Gasteiger partial charge in [0.15, 0.2) is 6.10 Å². The summed E-state index contributed by atoms with van der Waals surface area (Å²) in [6.07, 6.45) is 41.3. The van der Waals surface area contributed by atoms with Crippen LogP contribution in [0.15, 0.2) is 54.6 Å². The van der Waals surface area contributed by atoms with E-state index in [4.69, 9.17) is 14.2 Å². The van der Waals surface area contributed by atoms with Gasteiger partial charge in [-0.1, -0.05) is 190 Å². The molecule has 0 aromatic heterocycles. The number of unbranched alkanes of at least 4 members (excludes halogenated alkanes) is 22. The average Bonchev–Trinajstić information content (AvgIpc) is 3.14. The van der Waals surface area contributed by atoms with E-state index in [1.54, 1.807) is 0 Å². The van der Waals surface area contributed by atoms with E-state index in [9.17, 15) is 9.59 Å². The fourth-order valence-corrected chi connectivity index (χ4v) is 6.22. The first-order valence-corrected chi connectivity index (χ1v) is 21.4. The minimum atomic E-state index is -0.593. The Morgan fingerprint density at radius 2 is 0.980 bits per heavy atom. The minimum absolute atomic E-state index is 0.0419. The topological polar surface area (TPSA) is 61.8 Å². The average molecular weight is 711 g/mol. The summed E-state index contributed by atoms with van der Waals surface area (Å²) in [6, 6.07) is 9.92. The van der Waals surface area contributed by atoms with Gasteiger partial charge in [-0.3, -0.25) is 9.59 Å². The van der Waals surface area contributed by atoms with E-state index in [2.05, 4.69) is 38.2 Å². The van der Waals surface area contributed by atoms with Crippen LogP contribution in [-0.4, -0.2) is 31.3 Å². The van der Waals surface area contributed by atoms with E-state index >= 15 is 0 Å². The molecule has 0 fully saturated rings. The summed E-state index contributed by atoms with van der Waals surface area (Å²) >= 11 is 0. The summed E-state index contributed by atoms with van der Waals surface area (Å²) in [5, 5.41) is 0. The Hall–Kier alpha value is -2.40. The zero-order valence-electron chi connectivity index (χ0n) is 33.2. The van der Waals surface area contributed by atoms with Gasteiger partial charge < -0.3 is 14.2 Å². The normalized spacial score (nSPS) is 12.2. The zero-order valence-corrected chi connectivity index (χ0v) is 33.2. The van der Waals surface area contributed by atoms with E-state index in [1.165, 1.54) is 122 Å². The third-order valence-electron chi connectivity index (χ3n) is 9.46. The predicted octanol–water partition coefficient (Wildman–Crippen LogP) is 13.7. The molecule has 5 heteroatoms. The van der Waals surface area contributed by atoms with Gasteiger partial charge in [0.1, 0.15) is 6.61 Å². The molecule has 5 nitrogen and oxygen atoms in total. The number of ether oxygens (including phenoxy) is 3. The zero-order chi connectivity index (χ0) is 36.7. The largest absolute Gasteiger partial charge is 0.462 e. The number of rotatable bonds is 37. The predicted molar refractivity (Wildman–Crippen MR) is 216 cm³/mol. The summed E-state index contributed by atoms with van der Waals surface area (Å²) in [7, 11) is 0. The number of hydrogen-bond acceptors (Lipinski definition) is 5. The van der Waals surface area contributed by atoms with E-state index in [1.807, 2.05) is 30.3 Å². The molecule has 1 aromatic carbocycles. The highest BCUT2D eigenvalue weighted by molar-refractivity contribution is 5.70. The van der Waals surface area contributed by atoms with Gasteiger partial charge in [0.25, 0.3) is 0 Å². The second kappa shape index (κ2) is 37.4. The summed E-state index contributed by atoms with van der Waals surface area (Å²) in [5.74, 6) is -0.463. The van der Waals surface area contributed by atoms with E-state index in [0.29, 0.717) is 19.4 Å². The Morgan fingerprint density at radius 3 is 1.53 bits per heavy atom. The molecule has 0 N–H and O–H groups in total. The summed E-state index contributed by atoms with van der Waals surface area (Å²) in [6.45, 7) is 5.19. The van der Waals surface area contributed by atoms with Crippen molar-refractivity contribution in [3.63, 3.8) is 0 Å². The van der Waals surface area contributed by atoms with Crippen molar-refractivity contribution in [2.24, 2.45) is 0 Å². The number of allylic oxidation sites excluding steroid dienone is 4. The third kappa shape index (κ3) is 33.2. The lowest BCUT2D eigenvalue weighted by atomic mass is 10.0.